The van der Waals surface area contributed by atoms with E-state index in [9.17, 15) is 4.79 Å². The number of nitrogens with one attached hydrogen (secondary N) is 2. The van der Waals surface area contributed by atoms with E-state index in [-0.39, 0.29) is 12.1 Å². The number of carbonyl (C=O) groups is 1. The lowest BCUT2D eigenvalue weighted by Gasteiger charge is -2.29. The summed E-state index contributed by atoms with van der Waals surface area (Å²) in [7, 11) is 0. The average molecular weight is 297 g/mol. The first-order valence-corrected chi connectivity index (χ1v) is 8.34. The Balaban J connectivity index is 1.84. The highest BCUT2D eigenvalue weighted by atomic mass is 16.6. The van der Waals surface area contributed by atoms with Crippen molar-refractivity contribution in [2.45, 2.75) is 83.0 Å². The van der Waals surface area contributed by atoms with Crippen molar-refractivity contribution < 1.29 is 9.53 Å². The topological polar surface area (TPSA) is 76.4 Å². The van der Waals surface area contributed by atoms with Crippen molar-refractivity contribution >= 4 is 6.09 Å². The predicted octanol–water partition coefficient (Wildman–Crippen LogP) is 2.15. The molecule has 2 fully saturated rings. The van der Waals surface area contributed by atoms with E-state index in [1.54, 1.807) is 0 Å². The van der Waals surface area contributed by atoms with E-state index in [1.807, 2.05) is 20.8 Å². The van der Waals surface area contributed by atoms with E-state index in [0.717, 1.165) is 25.8 Å². The second-order valence-electron chi connectivity index (χ2n) is 7.49. The summed E-state index contributed by atoms with van der Waals surface area (Å²) >= 11 is 0. The molecule has 5 heteroatoms. The van der Waals surface area contributed by atoms with E-state index in [4.69, 9.17) is 10.5 Å². The first-order chi connectivity index (χ1) is 9.89. The predicted molar refractivity (Wildman–Crippen MR) is 84.1 cm³/mol. The molecule has 2 rings (SSSR count). The van der Waals surface area contributed by atoms with Crippen LogP contribution in [0, 0.1) is 5.92 Å². The van der Waals surface area contributed by atoms with Crippen LogP contribution >= 0.6 is 0 Å². The minimum absolute atomic E-state index is 0.180. The molecule has 122 valence electrons. The number of alkyl carbamates (subject to hydrolysis) is 1. The Hall–Kier alpha value is -0.810. The molecule has 4 unspecified atom stereocenters. The molecule has 2 aliphatic rings. The summed E-state index contributed by atoms with van der Waals surface area (Å²) in [5.74, 6) is 0.591. The second kappa shape index (κ2) is 6.97. The molecule has 4 N–H and O–H groups in total. The minimum Gasteiger partial charge on any atom is -0.444 e. The second-order valence-corrected chi connectivity index (χ2v) is 7.49. The van der Waals surface area contributed by atoms with Crippen molar-refractivity contribution in [1.29, 1.82) is 0 Å². The van der Waals surface area contributed by atoms with Gasteiger partial charge in [-0.2, -0.15) is 0 Å². The van der Waals surface area contributed by atoms with Crippen LogP contribution in [0.3, 0.4) is 0 Å². The number of nitrogens with two attached hydrogens (primary N) is 1. The van der Waals surface area contributed by atoms with Crippen molar-refractivity contribution in [3.8, 4) is 0 Å². The zero-order chi connectivity index (χ0) is 15.5. The smallest absolute Gasteiger partial charge is 0.407 e. The summed E-state index contributed by atoms with van der Waals surface area (Å²) < 4.78 is 5.36. The lowest BCUT2D eigenvalue weighted by molar-refractivity contribution is 0.0496. The lowest BCUT2D eigenvalue weighted by Crippen LogP contribution is -2.52. The molecule has 0 aliphatic heterocycles. The molecule has 5 nitrogen and oxygen atoms in total. The normalized spacial score (nSPS) is 33.1. The third kappa shape index (κ3) is 4.85. The van der Waals surface area contributed by atoms with E-state index in [2.05, 4.69) is 10.6 Å². The molecular formula is C16H31N3O2. The maximum atomic E-state index is 11.9. The fourth-order valence-corrected chi connectivity index (χ4v) is 3.60. The Morgan fingerprint density at radius 2 is 1.71 bits per heavy atom. The van der Waals surface area contributed by atoms with Crippen molar-refractivity contribution in [3.05, 3.63) is 0 Å². The number of ether oxygens (including phenoxy) is 1. The van der Waals surface area contributed by atoms with E-state index in [1.165, 1.54) is 19.3 Å². The Labute approximate surface area is 128 Å². The molecular weight excluding hydrogens is 266 g/mol. The highest BCUT2D eigenvalue weighted by Crippen LogP contribution is 2.28. The number of hydrogen-bond acceptors (Lipinski definition) is 4. The third-order valence-corrected chi connectivity index (χ3v) is 4.61. The van der Waals surface area contributed by atoms with Crippen LogP contribution in [-0.4, -0.2) is 36.4 Å². The van der Waals surface area contributed by atoms with Gasteiger partial charge in [0.15, 0.2) is 0 Å². The van der Waals surface area contributed by atoms with Crippen LogP contribution in [0.5, 0.6) is 0 Å². The van der Waals surface area contributed by atoms with E-state index >= 15 is 0 Å². The molecule has 1 amide bonds. The summed E-state index contributed by atoms with van der Waals surface area (Å²) in [5.41, 5.74) is 5.41. The van der Waals surface area contributed by atoms with Gasteiger partial charge in [0.25, 0.3) is 0 Å². The van der Waals surface area contributed by atoms with Crippen LogP contribution in [0.15, 0.2) is 0 Å². The van der Waals surface area contributed by atoms with Crippen LogP contribution in [0.25, 0.3) is 0 Å². The SMILES string of the molecule is CC(C)(C)OC(=O)NC1CCCC1NC1CCCC1CN. The zero-order valence-corrected chi connectivity index (χ0v) is 13.7. The minimum atomic E-state index is -0.443. The molecule has 0 radical (unpaired) electrons. The highest BCUT2D eigenvalue weighted by molar-refractivity contribution is 5.68. The number of amides is 1. The Kier molecular flexibility index (Phi) is 5.49. The maximum absolute atomic E-state index is 11.9. The van der Waals surface area contributed by atoms with Crippen LogP contribution in [0.1, 0.15) is 59.3 Å². The van der Waals surface area contributed by atoms with Gasteiger partial charge in [0, 0.05) is 18.1 Å². The largest absolute Gasteiger partial charge is 0.444 e. The number of carbonyl (C=O) groups excluding carboxylic acids is 1. The molecule has 2 saturated carbocycles. The monoisotopic (exact) mass is 297 g/mol. The first kappa shape index (κ1) is 16.6. The summed E-state index contributed by atoms with van der Waals surface area (Å²) in [5, 5.41) is 6.78. The molecule has 0 spiro atoms. The number of rotatable bonds is 4. The van der Waals surface area contributed by atoms with Gasteiger partial charge >= 0.3 is 6.09 Å². The molecule has 0 heterocycles. The van der Waals surface area contributed by atoms with Gasteiger partial charge in [0.1, 0.15) is 5.60 Å². The van der Waals surface area contributed by atoms with E-state index < -0.39 is 5.60 Å². The Bertz CT molecular complexity index is 354. The van der Waals surface area contributed by atoms with Gasteiger partial charge < -0.3 is 21.1 Å². The van der Waals surface area contributed by atoms with Crippen molar-refractivity contribution in [2.75, 3.05) is 6.54 Å². The molecule has 2 aliphatic carbocycles. The summed E-state index contributed by atoms with van der Waals surface area (Å²) in [6.07, 6.45) is 6.69. The van der Waals surface area contributed by atoms with Crippen LogP contribution < -0.4 is 16.4 Å². The fourth-order valence-electron chi connectivity index (χ4n) is 3.60. The fraction of sp³-hybridized carbons (Fsp3) is 0.938. The van der Waals surface area contributed by atoms with Gasteiger partial charge in [-0.15, -0.1) is 0 Å². The summed E-state index contributed by atoms with van der Waals surface area (Å²) in [6, 6.07) is 1.05. The maximum Gasteiger partial charge on any atom is 0.407 e. The van der Waals surface area contributed by atoms with Gasteiger partial charge in [-0.3, -0.25) is 0 Å². The molecule has 4 atom stereocenters. The quantitative estimate of drug-likeness (QED) is 0.743. The summed E-state index contributed by atoms with van der Waals surface area (Å²) in [6.45, 7) is 6.43. The van der Waals surface area contributed by atoms with Crippen LogP contribution in [-0.2, 0) is 4.74 Å². The molecule has 0 aromatic rings. The van der Waals surface area contributed by atoms with E-state index in [0.29, 0.717) is 18.0 Å². The third-order valence-electron chi connectivity index (χ3n) is 4.61. The molecule has 0 saturated heterocycles. The summed E-state index contributed by atoms with van der Waals surface area (Å²) in [4.78, 5) is 11.9. The lowest BCUT2D eigenvalue weighted by atomic mass is 10.0. The molecule has 0 aromatic carbocycles. The van der Waals surface area contributed by atoms with Crippen molar-refractivity contribution in [2.24, 2.45) is 11.7 Å². The van der Waals surface area contributed by atoms with Gasteiger partial charge in [-0.05, 0) is 65.3 Å². The van der Waals surface area contributed by atoms with Gasteiger partial charge in [0.2, 0.25) is 0 Å². The number of hydrogen-bond donors (Lipinski definition) is 3. The molecule has 0 bridgehead atoms. The van der Waals surface area contributed by atoms with Crippen LogP contribution in [0.4, 0.5) is 4.79 Å². The molecule has 21 heavy (non-hydrogen) atoms. The average Bonchev–Trinajstić information content (AvgIpc) is 2.97. The van der Waals surface area contributed by atoms with Crippen LogP contribution in [0.2, 0.25) is 0 Å². The Morgan fingerprint density at radius 1 is 1.10 bits per heavy atom. The van der Waals surface area contributed by atoms with Gasteiger partial charge in [-0.25, -0.2) is 4.79 Å². The van der Waals surface area contributed by atoms with Crippen molar-refractivity contribution in [3.63, 3.8) is 0 Å². The van der Waals surface area contributed by atoms with Gasteiger partial charge in [-0.1, -0.05) is 6.42 Å². The Morgan fingerprint density at radius 3 is 2.38 bits per heavy atom. The molecule has 0 aromatic heterocycles. The zero-order valence-electron chi connectivity index (χ0n) is 13.7. The first-order valence-electron chi connectivity index (χ1n) is 8.34. The van der Waals surface area contributed by atoms with Gasteiger partial charge in [0.05, 0.1) is 0 Å². The highest BCUT2D eigenvalue weighted by Gasteiger charge is 2.34. The standard InChI is InChI=1S/C16H31N3O2/c1-16(2,3)21-15(20)19-14-9-5-8-13(14)18-12-7-4-6-11(12)10-17/h11-14,18H,4-10,17H2,1-3H3,(H,19,20). The van der Waals surface area contributed by atoms with Crippen molar-refractivity contribution in [1.82, 2.24) is 10.6 Å².